The number of aromatic nitrogens is 1. The highest BCUT2D eigenvalue weighted by molar-refractivity contribution is 5.47. The Kier molecular flexibility index (Phi) is 5.41. The molecule has 1 aromatic heterocycles. The van der Waals surface area contributed by atoms with Crippen LogP contribution >= 0.6 is 0 Å². The van der Waals surface area contributed by atoms with E-state index in [4.69, 9.17) is 5.73 Å². The van der Waals surface area contributed by atoms with Gasteiger partial charge in [0.25, 0.3) is 5.56 Å². The summed E-state index contributed by atoms with van der Waals surface area (Å²) in [7, 11) is 0. The molecule has 0 spiro atoms. The van der Waals surface area contributed by atoms with Crippen molar-refractivity contribution in [1.29, 1.82) is 5.26 Å². The highest BCUT2D eigenvalue weighted by Gasteiger charge is 2.21. The van der Waals surface area contributed by atoms with Crippen LogP contribution in [0.1, 0.15) is 36.5 Å². The molecule has 2 aromatic rings. The van der Waals surface area contributed by atoms with E-state index in [1.165, 1.54) is 0 Å². The van der Waals surface area contributed by atoms with E-state index in [9.17, 15) is 10.1 Å². The lowest BCUT2D eigenvalue weighted by Gasteiger charge is -2.34. The molecule has 1 aliphatic rings. The van der Waals surface area contributed by atoms with Crippen molar-refractivity contribution < 1.29 is 0 Å². The molecule has 132 valence electrons. The highest BCUT2D eigenvalue weighted by atomic mass is 16.1. The van der Waals surface area contributed by atoms with Crippen LogP contribution in [0.15, 0.2) is 41.2 Å². The van der Waals surface area contributed by atoms with Gasteiger partial charge in [0.15, 0.2) is 0 Å². The molecule has 1 saturated heterocycles. The van der Waals surface area contributed by atoms with Crippen LogP contribution in [0.25, 0.3) is 0 Å². The van der Waals surface area contributed by atoms with Crippen molar-refractivity contribution in [2.24, 2.45) is 5.73 Å². The Labute approximate surface area is 153 Å². The molecule has 5 heteroatoms. The Morgan fingerprint density at radius 1 is 1.23 bits per heavy atom. The number of hydrogen-bond donors (Lipinski definition) is 1. The normalized spacial score (nSPS) is 16.5. The summed E-state index contributed by atoms with van der Waals surface area (Å²) in [5.41, 5.74) is 7.86. The van der Waals surface area contributed by atoms with E-state index in [0.717, 1.165) is 37.3 Å². The second-order valence-electron chi connectivity index (χ2n) is 6.49. The van der Waals surface area contributed by atoms with Crippen LogP contribution in [0, 0.1) is 23.2 Å². The molecule has 1 aliphatic heterocycles. The van der Waals surface area contributed by atoms with Crippen molar-refractivity contribution in [2.45, 2.75) is 32.4 Å². The number of piperidine rings is 1. The molecule has 1 atom stereocenters. The Morgan fingerprint density at radius 2 is 2.04 bits per heavy atom. The minimum absolute atomic E-state index is 0.105. The zero-order chi connectivity index (χ0) is 18.5. The monoisotopic (exact) mass is 346 g/mol. The van der Waals surface area contributed by atoms with E-state index >= 15 is 0 Å². The maximum atomic E-state index is 13.0. The molecule has 1 unspecified atom stereocenters. The van der Waals surface area contributed by atoms with Crippen molar-refractivity contribution >= 4 is 5.82 Å². The van der Waals surface area contributed by atoms with Crippen molar-refractivity contribution in [3.8, 4) is 17.9 Å². The summed E-state index contributed by atoms with van der Waals surface area (Å²) in [4.78, 5) is 15.2. The van der Waals surface area contributed by atoms with Crippen LogP contribution in [0.5, 0.6) is 0 Å². The first-order valence-electron chi connectivity index (χ1n) is 8.79. The lowest BCUT2D eigenvalue weighted by molar-refractivity contribution is 0.495. The molecule has 0 saturated carbocycles. The molecule has 5 nitrogen and oxygen atoms in total. The van der Waals surface area contributed by atoms with E-state index in [1.807, 2.05) is 24.3 Å². The summed E-state index contributed by atoms with van der Waals surface area (Å²) in [5.74, 6) is 6.51. The molecule has 0 radical (unpaired) electrons. The zero-order valence-corrected chi connectivity index (χ0v) is 14.9. The Hall–Kier alpha value is -3.02. The van der Waals surface area contributed by atoms with Crippen LogP contribution in [0.4, 0.5) is 5.82 Å². The molecule has 1 fully saturated rings. The number of nitrogens with zero attached hydrogens (tertiary/aromatic N) is 3. The predicted molar refractivity (Wildman–Crippen MR) is 103 cm³/mol. The summed E-state index contributed by atoms with van der Waals surface area (Å²) in [6, 6.07) is 13.4. The van der Waals surface area contributed by atoms with Crippen LogP contribution in [0.3, 0.4) is 0 Å². The average Bonchev–Trinajstić information content (AvgIpc) is 2.65. The van der Waals surface area contributed by atoms with E-state index < -0.39 is 0 Å². The number of rotatable bonds is 3. The van der Waals surface area contributed by atoms with E-state index in [1.54, 1.807) is 23.6 Å². The topological polar surface area (TPSA) is 75.0 Å². The molecular formula is C21H22N4O. The second-order valence-corrected chi connectivity index (χ2v) is 6.49. The van der Waals surface area contributed by atoms with Crippen molar-refractivity contribution in [3.05, 3.63) is 63.4 Å². The zero-order valence-electron chi connectivity index (χ0n) is 14.9. The summed E-state index contributed by atoms with van der Waals surface area (Å²) >= 11 is 0. The fourth-order valence-electron chi connectivity index (χ4n) is 3.38. The van der Waals surface area contributed by atoms with Crippen LogP contribution in [-0.4, -0.2) is 23.7 Å². The Balaban J connectivity index is 2.10. The third kappa shape index (κ3) is 3.64. The highest BCUT2D eigenvalue weighted by Crippen LogP contribution is 2.20. The molecule has 0 aliphatic carbocycles. The van der Waals surface area contributed by atoms with Crippen LogP contribution in [-0.2, 0) is 6.54 Å². The summed E-state index contributed by atoms with van der Waals surface area (Å²) < 4.78 is 1.72. The van der Waals surface area contributed by atoms with E-state index in [0.29, 0.717) is 17.7 Å². The van der Waals surface area contributed by atoms with Gasteiger partial charge in [0.1, 0.15) is 5.82 Å². The van der Waals surface area contributed by atoms with Gasteiger partial charge in [-0.3, -0.25) is 9.36 Å². The fraction of sp³-hybridized carbons (Fsp3) is 0.333. The van der Waals surface area contributed by atoms with Gasteiger partial charge in [-0.2, -0.15) is 5.26 Å². The smallest absolute Gasteiger partial charge is 0.268 e. The van der Waals surface area contributed by atoms with Gasteiger partial charge < -0.3 is 10.6 Å². The third-order valence-electron chi connectivity index (χ3n) is 4.66. The minimum Gasteiger partial charge on any atom is -0.356 e. The summed E-state index contributed by atoms with van der Waals surface area (Å²) in [5, 5.41) is 9.37. The number of hydrogen-bond acceptors (Lipinski definition) is 4. The van der Waals surface area contributed by atoms with Crippen LogP contribution < -0.4 is 16.2 Å². The molecule has 26 heavy (non-hydrogen) atoms. The SMILES string of the molecule is CC#Cc1ccc(N2CCCC(N)C2)n(Cc2ccccc2C#N)c1=O. The predicted octanol–water partition coefficient (Wildman–Crippen LogP) is 2.07. The molecule has 3 rings (SSSR count). The first-order chi connectivity index (χ1) is 12.6. The number of benzene rings is 1. The second kappa shape index (κ2) is 7.91. The number of nitriles is 1. The van der Waals surface area contributed by atoms with Gasteiger partial charge in [-0.05, 0) is 43.5 Å². The van der Waals surface area contributed by atoms with E-state index in [-0.39, 0.29) is 11.6 Å². The van der Waals surface area contributed by atoms with Gasteiger partial charge in [0.2, 0.25) is 0 Å². The first kappa shape index (κ1) is 17.8. The average molecular weight is 346 g/mol. The maximum absolute atomic E-state index is 13.0. The number of anilines is 1. The largest absolute Gasteiger partial charge is 0.356 e. The molecule has 1 aromatic carbocycles. The molecule has 2 heterocycles. The van der Waals surface area contributed by atoms with Crippen molar-refractivity contribution in [1.82, 2.24) is 4.57 Å². The minimum atomic E-state index is -0.135. The van der Waals surface area contributed by atoms with Crippen molar-refractivity contribution in [2.75, 3.05) is 18.0 Å². The van der Waals surface area contributed by atoms with Gasteiger partial charge in [0, 0.05) is 19.1 Å². The van der Waals surface area contributed by atoms with Gasteiger partial charge in [-0.1, -0.05) is 24.1 Å². The first-order valence-corrected chi connectivity index (χ1v) is 8.79. The Bertz CT molecular complexity index is 958. The molecular weight excluding hydrogens is 324 g/mol. The van der Waals surface area contributed by atoms with Gasteiger partial charge >= 0.3 is 0 Å². The van der Waals surface area contributed by atoms with Crippen LogP contribution in [0.2, 0.25) is 0 Å². The molecule has 2 N–H and O–H groups in total. The summed E-state index contributed by atoms with van der Waals surface area (Å²) in [6.45, 7) is 3.64. The standard InChI is InChI=1S/C21H22N4O/c1-2-6-16-10-11-20(24-12-5-9-19(23)15-24)25(21(16)26)14-18-8-4-3-7-17(18)13-22/h3-4,7-8,10-11,19H,5,9,12,14-15,23H2,1H3. The van der Waals surface area contributed by atoms with Gasteiger partial charge in [-0.15, -0.1) is 5.92 Å². The van der Waals surface area contributed by atoms with Crippen molar-refractivity contribution in [3.63, 3.8) is 0 Å². The number of nitrogens with two attached hydrogens (primary N) is 1. The fourth-order valence-corrected chi connectivity index (χ4v) is 3.38. The molecule has 0 bridgehead atoms. The number of pyridine rings is 1. The lowest BCUT2D eigenvalue weighted by atomic mass is 10.1. The van der Waals surface area contributed by atoms with E-state index in [2.05, 4.69) is 22.8 Å². The molecule has 0 amide bonds. The quantitative estimate of drug-likeness (QED) is 0.864. The Morgan fingerprint density at radius 3 is 2.77 bits per heavy atom. The van der Waals surface area contributed by atoms with Gasteiger partial charge in [-0.25, -0.2) is 0 Å². The van der Waals surface area contributed by atoms with Gasteiger partial charge in [0.05, 0.1) is 23.7 Å². The lowest BCUT2D eigenvalue weighted by Crippen LogP contribution is -2.45. The maximum Gasteiger partial charge on any atom is 0.268 e. The summed E-state index contributed by atoms with van der Waals surface area (Å²) in [6.07, 6.45) is 2.00. The third-order valence-corrected chi connectivity index (χ3v) is 4.66.